The number of ether oxygens (including phenoxy) is 2. The molecule has 1 aliphatic rings. The largest absolute Gasteiger partial charge is 0.465 e. The van der Waals surface area contributed by atoms with Crippen molar-refractivity contribution in [1.82, 2.24) is 0 Å². The van der Waals surface area contributed by atoms with Crippen molar-refractivity contribution in [3.63, 3.8) is 0 Å². The van der Waals surface area contributed by atoms with E-state index in [2.05, 4.69) is 48.5 Å². The Balaban J connectivity index is 1.28. The molecule has 2 atom stereocenters. The highest BCUT2D eigenvalue weighted by atomic mass is 16.5. The van der Waals surface area contributed by atoms with Crippen molar-refractivity contribution in [2.75, 3.05) is 13.2 Å². The third-order valence-electron chi connectivity index (χ3n) is 6.77. The van der Waals surface area contributed by atoms with Gasteiger partial charge in [0.1, 0.15) is 0 Å². The van der Waals surface area contributed by atoms with Crippen LogP contribution < -0.4 is 0 Å². The maximum atomic E-state index is 12.7. The van der Waals surface area contributed by atoms with Crippen molar-refractivity contribution in [1.29, 1.82) is 0 Å². The van der Waals surface area contributed by atoms with Crippen LogP contribution in [0.3, 0.4) is 0 Å². The summed E-state index contributed by atoms with van der Waals surface area (Å²) >= 11 is 0. The van der Waals surface area contributed by atoms with E-state index in [9.17, 15) is 9.59 Å². The van der Waals surface area contributed by atoms with Crippen LogP contribution in [0.15, 0.2) is 60.7 Å². The van der Waals surface area contributed by atoms with Crippen LogP contribution >= 0.6 is 0 Å². The predicted molar refractivity (Wildman–Crippen MR) is 135 cm³/mol. The van der Waals surface area contributed by atoms with E-state index < -0.39 is 0 Å². The fourth-order valence-electron chi connectivity index (χ4n) is 4.76. The summed E-state index contributed by atoms with van der Waals surface area (Å²) < 4.78 is 11.1. The van der Waals surface area contributed by atoms with Crippen LogP contribution in [0, 0.1) is 11.8 Å². The van der Waals surface area contributed by atoms with E-state index in [0.29, 0.717) is 13.2 Å². The zero-order chi connectivity index (χ0) is 23.8. The average Bonchev–Trinajstić information content (AvgIpc) is 2.89. The number of carbonyl (C=O) groups is 2. The molecule has 0 aromatic heterocycles. The molecular weight excluding hydrogens is 424 g/mol. The number of hydrogen-bond donors (Lipinski definition) is 0. The first-order valence-electron chi connectivity index (χ1n) is 13.1. The summed E-state index contributed by atoms with van der Waals surface area (Å²) in [6.45, 7) is 0.876. The molecule has 1 saturated carbocycles. The molecule has 2 aromatic carbocycles. The number of unbranched alkanes of at least 4 members (excludes halogenated alkanes) is 4. The van der Waals surface area contributed by atoms with Crippen molar-refractivity contribution in [3.8, 4) is 0 Å². The maximum Gasteiger partial charge on any atom is 0.309 e. The molecule has 1 aliphatic carbocycles. The third kappa shape index (κ3) is 9.32. The molecule has 0 aliphatic heterocycles. The van der Waals surface area contributed by atoms with Gasteiger partial charge < -0.3 is 9.47 Å². The Kier molecular flexibility index (Phi) is 11.7. The van der Waals surface area contributed by atoms with Crippen LogP contribution in [0.5, 0.6) is 0 Å². The van der Waals surface area contributed by atoms with E-state index in [1.165, 1.54) is 11.1 Å². The monoisotopic (exact) mass is 464 g/mol. The number of benzene rings is 2. The first-order valence-corrected chi connectivity index (χ1v) is 13.1. The lowest BCUT2D eigenvalue weighted by Crippen LogP contribution is -2.35. The van der Waals surface area contributed by atoms with Gasteiger partial charge in [0.25, 0.3) is 0 Å². The summed E-state index contributed by atoms with van der Waals surface area (Å²) in [6.07, 6.45) is 11.5. The van der Waals surface area contributed by atoms with Gasteiger partial charge in [0, 0.05) is 0 Å². The number of esters is 2. The Bertz CT molecular complexity index is 762. The zero-order valence-corrected chi connectivity index (χ0v) is 20.5. The van der Waals surface area contributed by atoms with E-state index >= 15 is 0 Å². The first-order chi connectivity index (χ1) is 16.7. The van der Waals surface area contributed by atoms with Crippen LogP contribution in [0.1, 0.15) is 75.3 Å². The molecule has 2 aromatic rings. The van der Waals surface area contributed by atoms with Crippen molar-refractivity contribution in [2.45, 2.75) is 77.0 Å². The second kappa shape index (κ2) is 15.3. The fourth-order valence-corrected chi connectivity index (χ4v) is 4.76. The molecule has 0 amide bonds. The van der Waals surface area contributed by atoms with Crippen LogP contribution in [0.25, 0.3) is 0 Å². The van der Waals surface area contributed by atoms with Gasteiger partial charge in [-0.15, -0.1) is 0 Å². The fraction of sp³-hybridized carbons (Fsp3) is 0.533. The Hall–Kier alpha value is -2.62. The Morgan fingerprint density at radius 3 is 1.41 bits per heavy atom. The van der Waals surface area contributed by atoms with Crippen LogP contribution in [-0.2, 0) is 31.9 Å². The Labute approximate surface area is 205 Å². The lowest BCUT2D eigenvalue weighted by Gasteiger charge is -2.28. The average molecular weight is 465 g/mol. The second-order valence-corrected chi connectivity index (χ2v) is 9.42. The summed E-state index contributed by atoms with van der Waals surface area (Å²) in [5.41, 5.74) is 2.69. The van der Waals surface area contributed by atoms with Gasteiger partial charge in [0.15, 0.2) is 0 Å². The quantitative estimate of drug-likeness (QED) is 0.230. The minimum absolute atomic E-state index is 0.215. The molecule has 0 spiro atoms. The molecule has 0 N–H and O–H groups in total. The highest BCUT2D eigenvalue weighted by Gasteiger charge is 2.37. The highest BCUT2D eigenvalue weighted by molar-refractivity contribution is 5.82. The predicted octanol–water partition coefficient (Wildman–Crippen LogP) is 6.71. The van der Waals surface area contributed by atoms with Gasteiger partial charge in [-0.2, -0.15) is 0 Å². The van der Waals surface area contributed by atoms with Gasteiger partial charge >= 0.3 is 11.9 Å². The minimum atomic E-state index is -0.344. The molecule has 2 unspecified atom stereocenters. The zero-order valence-electron chi connectivity index (χ0n) is 20.5. The van der Waals surface area contributed by atoms with Crippen molar-refractivity contribution in [3.05, 3.63) is 71.8 Å². The molecule has 4 heteroatoms. The summed E-state index contributed by atoms with van der Waals surface area (Å²) in [6, 6.07) is 20.9. The van der Waals surface area contributed by atoms with Gasteiger partial charge in [0.05, 0.1) is 25.0 Å². The topological polar surface area (TPSA) is 52.6 Å². The molecule has 184 valence electrons. The van der Waals surface area contributed by atoms with E-state index in [1.807, 2.05) is 12.1 Å². The van der Waals surface area contributed by atoms with Crippen molar-refractivity contribution >= 4 is 11.9 Å². The number of carbonyl (C=O) groups excluding carboxylic acids is 2. The molecule has 0 heterocycles. The number of hydrogen-bond acceptors (Lipinski definition) is 4. The van der Waals surface area contributed by atoms with Crippen molar-refractivity contribution < 1.29 is 19.1 Å². The molecule has 0 saturated heterocycles. The molecule has 1 fully saturated rings. The van der Waals surface area contributed by atoms with Gasteiger partial charge in [-0.3, -0.25) is 9.59 Å². The standard InChI is InChI=1S/C30H40O4/c31-29(33-23-13-3-9-19-25-15-5-1-6-16-25)27-21-11-12-22-28(27)30(32)34-24-14-4-10-20-26-17-7-2-8-18-26/h1-2,5-8,15-18,27-28H,3-4,9-14,19-24H2. The lowest BCUT2D eigenvalue weighted by molar-refractivity contribution is -0.163. The SMILES string of the molecule is O=C(OCCCCCc1ccccc1)C1CCCCC1C(=O)OCCCCCc1ccccc1. The third-order valence-corrected chi connectivity index (χ3v) is 6.77. The minimum Gasteiger partial charge on any atom is -0.465 e. The smallest absolute Gasteiger partial charge is 0.309 e. The summed E-state index contributed by atoms with van der Waals surface area (Å²) in [5, 5.41) is 0. The first kappa shape index (κ1) is 26.0. The maximum absolute atomic E-state index is 12.7. The van der Waals surface area contributed by atoms with Crippen LogP contribution in [0.4, 0.5) is 0 Å². The normalized spacial score (nSPS) is 17.8. The second-order valence-electron chi connectivity index (χ2n) is 9.42. The van der Waals surface area contributed by atoms with Gasteiger partial charge in [-0.05, 0) is 75.3 Å². The van der Waals surface area contributed by atoms with E-state index in [0.717, 1.165) is 77.0 Å². The van der Waals surface area contributed by atoms with E-state index in [1.54, 1.807) is 0 Å². The number of aryl methyl sites for hydroxylation is 2. The van der Waals surface area contributed by atoms with E-state index in [4.69, 9.17) is 9.47 Å². The summed E-state index contributed by atoms with van der Waals surface area (Å²) in [7, 11) is 0. The highest BCUT2D eigenvalue weighted by Crippen LogP contribution is 2.32. The van der Waals surface area contributed by atoms with Gasteiger partial charge in [-0.1, -0.05) is 73.5 Å². The Morgan fingerprint density at radius 2 is 1.00 bits per heavy atom. The van der Waals surface area contributed by atoms with Crippen molar-refractivity contribution in [2.24, 2.45) is 11.8 Å². The Morgan fingerprint density at radius 1 is 0.588 bits per heavy atom. The molecule has 0 bridgehead atoms. The lowest BCUT2D eigenvalue weighted by atomic mass is 9.79. The molecule has 0 radical (unpaired) electrons. The number of rotatable bonds is 14. The molecule has 3 rings (SSSR count). The molecular formula is C30H40O4. The van der Waals surface area contributed by atoms with Gasteiger partial charge in [0.2, 0.25) is 0 Å². The van der Waals surface area contributed by atoms with Gasteiger partial charge in [-0.25, -0.2) is 0 Å². The molecule has 34 heavy (non-hydrogen) atoms. The summed E-state index contributed by atoms with van der Waals surface area (Å²) in [4.78, 5) is 25.4. The van der Waals surface area contributed by atoms with Crippen LogP contribution in [-0.4, -0.2) is 25.2 Å². The summed E-state index contributed by atoms with van der Waals surface area (Å²) in [5.74, 6) is -1.12. The molecule has 4 nitrogen and oxygen atoms in total. The van der Waals surface area contributed by atoms with E-state index in [-0.39, 0.29) is 23.8 Å². The van der Waals surface area contributed by atoms with Crippen LogP contribution in [0.2, 0.25) is 0 Å².